The number of carbonyl (C=O) groups excluding carboxylic acids is 1. The number of terminal acetylenes is 1. The molecule has 0 atom stereocenters. The minimum Gasteiger partial charge on any atom is -0.332 e. The normalized spacial score (nSPS) is 18.7. The molecule has 0 aromatic heterocycles. The van der Waals surface area contributed by atoms with Crippen molar-refractivity contribution in [3.05, 3.63) is 0 Å². The van der Waals surface area contributed by atoms with Crippen molar-refractivity contribution >= 4 is 5.91 Å². The summed E-state index contributed by atoms with van der Waals surface area (Å²) in [6.45, 7) is 1.34. The fraction of sp³-hybridized carbons (Fsp3) is 0.625. The molecule has 2 heteroatoms. The van der Waals surface area contributed by atoms with E-state index in [0.717, 1.165) is 19.4 Å². The van der Waals surface area contributed by atoms with E-state index in [4.69, 9.17) is 6.42 Å². The van der Waals surface area contributed by atoms with Crippen LogP contribution in [-0.2, 0) is 4.79 Å². The molecule has 0 spiro atoms. The van der Waals surface area contributed by atoms with Gasteiger partial charge in [-0.2, -0.15) is 0 Å². The molecule has 1 amide bonds. The molecule has 0 unspecified atom stereocenters. The fourth-order valence-electron chi connectivity index (χ4n) is 1.14. The highest BCUT2D eigenvalue weighted by molar-refractivity contribution is 5.77. The number of hydrogen-bond acceptors (Lipinski definition) is 1. The number of amides is 1. The molecular formula is C8H11NO. The second-order valence-electron chi connectivity index (χ2n) is 2.48. The number of piperidine rings is 1. The highest BCUT2D eigenvalue weighted by Gasteiger charge is 2.15. The molecule has 1 aliphatic rings. The first kappa shape index (κ1) is 7.14. The Morgan fingerprint density at radius 3 is 3.00 bits per heavy atom. The average Bonchev–Trinajstić information content (AvgIpc) is 1.94. The Morgan fingerprint density at radius 2 is 2.40 bits per heavy atom. The number of carbonyl (C=O) groups is 1. The number of likely N-dealkylation sites (tertiary alicyclic amines) is 1. The zero-order chi connectivity index (χ0) is 7.40. The van der Waals surface area contributed by atoms with Crippen molar-refractivity contribution in [3.8, 4) is 12.3 Å². The summed E-state index contributed by atoms with van der Waals surface area (Å²) in [7, 11) is 0. The molecule has 1 heterocycles. The lowest BCUT2D eigenvalue weighted by Gasteiger charge is -2.24. The van der Waals surface area contributed by atoms with E-state index in [2.05, 4.69) is 5.92 Å². The maximum Gasteiger partial charge on any atom is 0.223 e. The summed E-state index contributed by atoms with van der Waals surface area (Å²) in [4.78, 5) is 12.8. The van der Waals surface area contributed by atoms with Crippen LogP contribution >= 0.6 is 0 Å². The van der Waals surface area contributed by atoms with Crippen molar-refractivity contribution in [2.75, 3.05) is 13.1 Å². The standard InChI is InChI=1S/C8H11NO/c1-2-6-9-7-4-3-5-8(9)10/h1H,3-7H2. The van der Waals surface area contributed by atoms with Gasteiger partial charge in [-0.1, -0.05) is 5.92 Å². The molecule has 0 bridgehead atoms. The molecule has 0 aromatic rings. The number of rotatable bonds is 1. The lowest BCUT2D eigenvalue weighted by Crippen LogP contribution is -2.35. The molecule has 1 rings (SSSR count). The van der Waals surface area contributed by atoms with Crippen LogP contribution in [0.3, 0.4) is 0 Å². The van der Waals surface area contributed by atoms with Crippen LogP contribution in [0.15, 0.2) is 0 Å². The Bertz CT molecular complexity index is 169. The lowest BCUT2D eigenvalue weighted by molar-refractivity contribution is -0.132. The third-order valence-corrected chi connectivity index (χ3v) is 1.70. The fourth-order valence-corrected chi connectivity index (χ4v) is 1.14. The summed E-state index contributed by atoms with van der Waals surface area (Å²) < 4.78 is 0. The first-order valence-corrected chi connectivity index (χ1v) is 3.56. The van der Waals surface area contributed by atoms with Crippen molar-refractivity contribution in [2.24, 2.45) is 0 Å². The molecule has 0 aromatic carbocycles. The molecule has 54 valence electrons. The largest absolute Gasteiger partial charge is 0.332 e. The Labute approximate surface area is 61.2 Å². The summed E-state index contributed by atoms with van der Waals surface area (Å²) in [6.07, 6.45) is 7.89. The van der Waals surface area contributed by atoms with E-state index in [1.807, 2.05) is 0 Å². The maximum atomic E-state index is 11.0. The minimum atomic E-state index is 0.212. The highest BCUT2D eigenvalue weighted by atomic mass is 16.2. The van der Waals surface area contributed by atoms with Gasteiger partial charge in [-0.05, 0) is 12.8 Å². The van der Waals surface area contributed by atoms with E-state index in [-0.39, 0.29) is 5.91 Å². The number of nitrogens with zero attached hydrogens (tertiary/aromatic N) is 1. The van der Waals surface area contributed by atoms with Gasteiger partial charge in [-0.3, -0.25) is 4.79 Å². The van der Waals surface area contributed by atoms with E-state index in [1.54, 1.807) is 4.90 Å². The SMILES string of the molecule is C#CCN1CCCCC1=O. The van der Waals surface area contributed by atoms with Crippen LogP contribution in [0.2, 0.25) is 0 Å². The van der Waals surface area contributed by atoms with Crippen LogP contribution in [0.4, 0.5) is 0 Å². The van der Waals surface area contributed by atoms with Gasteiger partial charge in [-0.15, -0.1) is 6.42 Å². The summed E-state index contributed by atoms with van der Waals surface area (Å²) in [5, 5.41) is 0. The van der Waals surface area contributed by atoms with Gasteiger partial charge in [0.15, 0.2) is 0 Å². The topological polar surface area (TPSA) is 20.3 Å². The van der Waals surface area contributed by atoms with Crippen LogP contribution < -0.4 is 0 Å². The van der Waals surface area contributed by atoms with Gasteiger partial charge in [-0.25, -0.2) is 0 Å². The van der Waals surface area contributed by atoms with Crippen molar-refractivity contribution in [1.29, 1.82) is 0 Å². The molecule has 0 aliphatic carbocycles. The molecule has 0 radical (unpaired) electrons. The van der Waals surface area contributed by atoms with E-state index in [0.29, 0.717) is 13.0 Å². The lowest BCUT2D eigenvalue weighted by atomic mass is 10.1. The quantitative estimate of drug-likeness (QED) is 0.485. The molecule has 1 aliphatic heterocycles. The summed E-state index contributed by atoms with van der Waals surface area (Å²) in [5.74, 6) is 2.69. The van der Waals surface area contributed by atoms with Crippen molar-refractivity contribution in [2.45, 2.75) is 19.3 Å². The second kappa shape index (κ2) is 3.26. The van der Waals surface area contributed by atoms with Crippen LogP contribution in [-0.4, -0.2) is 23.9 Å². The Morgan fingerprint density at radius 1 is 1.60 bits per heavy atom. The third kappa shape index (κ3) is 1.51. The molecule has 1 saturated heterocycles. The first-order chi connectivity index (χ1) is 4.84. The Hall–Kier alpha value is -0.970. The second-order valence-corrected chi connectivity index (χ2v) is 2.48. The predicted octanol–water partition coefficient (Wildman–Crippen LogP) is 0.632. The monoisotopic (exact) mass is 137 g/mol. The average molecular weight is 137 g/mol. The zero-order valence-corrected chi connectivity index (χ0v) is 5.97. The molecule has 10 heavy (non-hydrogen) atoms. The van der Waals surface area contributed by atoms with Gasteiger partial charge >= 0.3 is 0 Å². The van der Waals surface area contributed by atoms with Crippen LogP contribution in [0.25, 0.3) is 0 Å². The van der Waals surface area contributed by atoms with Gasteiger partial charge in [0, 0.05) is 13.0 Å². The summed E-state index contributed by atoms with van der Waals surface area (Å²) >= 11 is 0. The Kier molecular flexibility index (Phi) is 2.33. The first-order valence-electron chi connectivity index (χ1n) is 3.56. The van der Waals surface area contributed by atoms with Gasteiger partial charge in [0.2, 0.25) is 5.91 Å². The van der Waals surface area contributed by atoms with Crippen LogP contribution in [0, 0.1) is 12.3 Å². The molecule has 0 N–H and O–H groups in total. The summed E-state index contributed by atoms with van der Waals surface area (Å²) in [6, 6.07) is 0. The van der Waals surface area contributed by atoms with E-state index in [9.17, 15) is 4.79 Å². The van der Waals surface area contributed by atoms with Crippen molar-refractivity contribution in [3.63, 3.8) is 0 Å². The van der Waals surface area contributed by atoms with Crippen LogP contribution in [0.1, 0.15) is 19.3 Å². The van der Waals surface area contributed by atoms with Gasteiger partial charge in [0.25, 0.3) is 0 Å². The Balaban J connectivity index is 2.42. The molecule has 2 nitrogen and oxygen atoms in total. The van der Waals surface area contributed by atoms with Gasteiger partial charge < -0.3 is 4.90 Å². The van der Waals surface area contributed by atoms with Gasteiger partial charge in [0.05, 0.1) is 6.54 Å². The maximum absolute atomic E-state index is 11.0. The van der Waals surface area contributed by atoms with Crippen molar-refractivity contribution in [1.82, 2.24) is 4.90 Å². The predicted molar refractivity (Wildman–Crippen MR) is 39.3 cm³/mol. The highest BCUT2D eigenvalue weighted by Crippen LogP contribution is 2.08. The van der Waals surface area contributed by atoms with E-state index < -0.39 is 0 Å². The third-order valence-electron chi connectivity index (χ3n) is 1.70. The van der Waals surface area contributed by atoms with Crippen molar-refractivity contribution < 1.29 is 4.79 Å². The summed E-state index contributed by atoms with van der Waals surface area (Å²) in [5.41, 5.74) is 0. The molecule has 1 fully saturated rings. The van der Waals surface area contributed by atoms with Gasteiger partial charge in [0.1, 0.15) is 0 Å². The van der Waals surface area contributed by atoms with E-state index >= 15 is 0 Å². The van der Waals surface area contributed by atoms with Crippen LogP contribution in [0.5, 0.6) is 0 Å². The molecule has 0 saturated carbocycles. The minimum absolute atomic E-state index is 0.212. The zero-order valence-electron chi connectivity index (χ0n) is 5.97. The number of hydrogen-bond donors (Lipinski definition) is 0. The molecular weight excluding hydrogens is 126 g/mol. The van der Waals surface area contributed by atoms with E-state index in [1.165, 1.54) is 0 Å². The smallest absolute Gasteiger partial charge is 0.223 e.